The highest BCUT2D eigenvalue weighted by atomic mass is 16.6. The van der Waals surface area contributed by atoms with Crippen LogP contribution in [0.1, 0.15) is 42.5 Å². The molecule has 1 fully saturated rings. The van der Waals surface area contributed by atoms with Crippen molar-refractivity contribution < 1.29 is 9.72 Å². The zero-order chi connectivity index (χ0) is 13.8. The molecule has 0 radical (unpaired) electrons. The van der Waals surface area contributed by atoms with Gasteiger partial charge >= 0.3 is 0 Å². The molecule has 0 atom stereocenters. The summed E-state index contributed by atoms with van der Waals surface area (Å²) in [6.45, 7) is 0. The van der Waals surface area contributed by atoms with Gasteiger partial charge in [-0.05, 0) is 18.9 Å². The lowest BCUT2D eigenvalue weighted by Crippen LogP contribution is -2.38. The van der Waals surface area contributed by atoms with Crippen LogP contribution in [-0.2, 0) is 0 Å². The number of hydrogen-bond acceptors (Lipinski definition) is 3. The highest BCUT2D eigenvalue weighted by Gasteiger charge is 2.23. The second-order valence-corrected chi connectivity index (χ2v) is 5.02. The molecule has 0 aromatic heterocycles. The molecule has 0 heterocycles. The van der Waals surface area contributed by atoms with E-state index in [2.05, 4.69) is 0 Å². The Morgan fingerprint density at radius 3 is 2.63 bits per heavy atom. The molecule has 1 aliphatic carbocycles. The second-order valence-electron chi connectivity index (χ2n) is 5.02. The topological polar surface area (TPSA) is 63.5 Å². The second kappa shape index (κ2) is 5.82. The van der Waals surface area contributed by atoms with Crippen LogP contribution in [0.4, 0.5) is 5.69 Å². The van der Waals surface area contributed by atoms with E-state index in [0.29, 0.717) is 5.56 Å². The molecular weight excluding hydrogens is 244 g/mol. The van der Waals surface area contributed by atoms with E-state index in [1.807, 2.05) is 0 Å². The van der Waals surface area contributed by atoms with Gasteiger partial charge in [-0.1, -0.05) is 25.3 Å². The van der Waals surface area contributed by atoms with E-state index < -0.39 is 4.92 Å². The molecule has 5 nitrogen and oxygen atoms in total. The van der Waals surface area contributed by atoms with Crippen molar-refractivity contribution in [3.63, 3.8) is 0 Å². The Morgan fingerprint density at radius 1 is 1.32 bits per heavy atom. The summed E-state index contributed by atoms with van der Waals surface area (Å²) in [5, 5.41) is 10.7. The fourth-order valence-corrected chi connectivity index (χ4v) is 2.59. The van der Waals surface area contributed by atoms with Gasteiger partial charge in [0.15, 0.2) is 0 Å². The number of nitrogens with zero attached hydrogens (tertiary/aromatic N) is 2. The Bertz CT molecular complexity index is 481. The number of amides is 1. The summed E-state index contributed by atoms with van der Waals surface area (Å²) in [6, 6.07) is 6.20. The quantitative estimate of drug-likeness (QED) is 0.621. The van der Waals surface area contributed by atoms with Crippen LogP contribution in [0.2, 0.25) is 0 Å². The molecular formula is C14H18N2O3. The number of hydrogen-bond donors (Lipinski definition) is 0. The first kappa shape index (κ1) is 13.5. The molecule has 0 N–H and O–H groups in total. The lowest BCUT2D eigenvalue weighted by Gasteiger charge is -2.31. The summed E-state index contributed by atoms with van der Waals surface area (Å²) in [4.78, 5) is 24.3. The molecule has 0 aliphatic heterocycles. The number of non-ortho nitro benzene ring substituents is 1. The number of benzene rings is 1. The average Bonchev–Trinajstić information content (AvgIpc) is 2.46. The summed E-state index contributed by atoms with van der Waals surface area (Å²) in [6.07, 6.45) is 5.58. The first-order valence-electron chi connectivity index (χ1n) is 6.61. The molecule has 0 spiro atoms. The van der Waals surface area contributed by atoms with Crippen LogP contribution in [0, 0.1) is 10.1 Å². The third-order valence-corrected chi connectivity index (χ3v) is 3.75. The van der Waals surface area contributed by atoms with Crippen LogP contribution in [0.5, 0.6) is 0 Å². The van der Waals surface area contributed by atoms with Gasteiger partial charge < -0.3 is 4.90 Å². The Balaban J connectivity index is 2.14. The van der Waals surface area contributed by atoms with Crippen molar-refractivity contribution in [3.8, 4) is 0 Å². The summed E-state index contributed by atoms with van der Waals surface area (Å²) < 4.78 is 0. The zero-order valence-corrected chi connectivity index (χ0v) is 11.0. The number of rotatable bonds is 3. The summed E-state index contributed by atoms with van der Waals surface area (Å²) in [7, 11) is 1.79. The van der Waals surface area contributed by atoms with Gasteiger partial charge in [-0.2, -0.15) is 0 Å². The minimum atomic E-state index is -0.475. The smallest absolute Gasteiger partial charge is 0.270 e. The lowest BCUT2D eigenvalue weighted by atomic mass is 9.94. The summed E-state index contributed by atoms with van der Waals surface area (Å²) >= 11 is 0. The molecule has 1 aromatic rings. The van der Waals surface area contributed by atoms with Crippen LogP contribution >= 0.6 is 0 Å². The van der Waals surface area contributed by atoms with Crippen molar-refractivity contribution >= 4 is 11.6 Å². The highest BCUT2D eigenvalue weighted by Crippen LogP contribution is 2.23. The molecule has 19 heavy (non-hydrogen) atoms. The van der Waals surface area contributed by atoms with Gasteiger partial charge in [-0.25, -0.2) is 0 Å². The van der Waals surface area contributed by atoms with Crippen LogP contribution in [-0.4, -0.2) is 28.8 Å². The number of nitro benzene ring substituents is 1. The van der Waals surface area contributed by atoms with Gasteiger partial charge in [0.2, 0.25) is 0 Å². The number of carbonyl (C=O) groups excluding carboxylic acids is 1. The third kappa shape index (κ3) is 3.10. The Kier molecular flexibility index (Phi) is 4.14. The van der Waals surface area contributed by atoms with E-state index in [1.165, 1.54) is 18.6 Å². The molecule has 5 heteroatoms. The van der Waals surface area contributed by atoms with Crippen molar-refractivity contribution in [1.29, 1.82) is 0 Å². The molecule has 102 valence electrons. The standard InChI is InChI=1S/C14H18N2O3/c1-15(12-7-3-2-4-8-12)14(17)11-6-5-9-13(10-11)16(18)19/h5-6,9-10,12H,2-4,7-8H2,1H3. The van der Waals surface area contributed by atoms with Crippen LogP contribution < -0.4 is 0 Å². The molecule has 1 aliphatic rings. The van der Waals surface area contributed by atoms with Crippen molar-refractivity contribution in [2.24, 2.45) is 0 Å². The van der Waals surface area contributed by atoms with E-state index in [9.17, 15) is 14.9 Å². The third-order valence-electron chi connectivity index (χ3n) is 3.75. The van der Waals surface area contributed by atoms with E-state index >= 15 is 0 Å². The first-order valence-corrected chi connectivity index (χ1v) is 6.61. The van der Waals surface area contributed by atoms with Gasteiger partial charge in [0, 0.05) is 30.8 Å². The predicted octanol–water partition coefficient (Wildman–Crippen LogP) is 3.00. The maximum absolute atomic E-state index is 12.3. The van der Waals surface area contributed by atoms with E-state index in [4.69, 9.17) is 0 Å². The molecule has 1 amide bonds. The van der Waals surface area contributed by atoms with Gasteiger partial charge in [0.1, 0.15) is 0 Å². The minimum Gasteiger partial charge on any atom is -0.339 e. The molecule has 1 aromatic carbocycles. The largest absolute Gasteiger partial charge is 0.339 e. The predicted molar refractivity (Wildman–Crippen MR) is 72.1 cm³/mol. The minimum absolute atomic E-state index is 0.0390. The summed E-state index contributed by atoms with van der Waals surface area (Å²) in [5.74, 6) is -0.129. The van der Waals surface area contributed by atoms with Gasteiger partial charge in [0.25, 0.3) is 11.6 Å². The average molecular weight is 262 g/mol. The molecule has 0 saturated heterocycles. The van der Waals surface area contributed by atoms with Crippen molar-refractivity contribution in [1.82, 2.24) is 4.90 Å². The van der Waals surface area contributed by atoms with Gasteiger partial charge in [-0.3, -0.25) is 14.9 Å². The summed E-state index contributed by atoms with van der Waals surface area (Å²) in [5.41, 5.74) is 0.352. The Hall–Kier alpha value is -1.91. The number of carbonyl (C=O) groups is 1. The molecule has 2 rings (SSSR count). The molecule has 0 unspecified atom stereocenters. The fraction of sp³-hybridized carbons (Fsp3) is 0.500. The normalized spacial score (nSPS) is 16.1. The Labute approximate surface area is 112 Å². The number of nitro groups is 1. The van der Waals surface area contributed by atoms with E-state index in [0.717, 1.165) is 25.7 Å². The molecule has 0 bridgehead atoms. The monoisotopic (exact) mass is 262 g/mol. The van der Waals surface area contributed by atoms with Gasteiger partial charge in [-0.15, -0.1) is 0 Å². The highest BCUT2D eigenvalue weighted by molar-refractivity contribution is 5.94. The Morgan fingerprint density at radius 2 is 2.00 bits per heavy atom. The van der Waals surface area contributed by atoms with Crippen molar-refractivity contribution in [2.45, 2.75) is 38.1 Å². The SMILES string of the molecule is CN(C(=O)c1cccc([N+](=O)[O-])c1)C1CCCCC1. The van der Waals surface area contributed by atoms with E-state index in [1.54, 1.807) is 24.1 Å². The lowest BCUT2D eigenvalue weighted by molar-refractivity contribution is -0.384. The molecule has 1 saturated carbocycles. The van der Waals surface area contributed by atoms with Crippen LogP contribution in [0.15, 0.2) is 24.3 Å². The first-order chi connectivity index (χ1) is 9.09. The van der Waals surface area contributed by atoms with Crippen molar-refractivity contribution in [2.75, 3.05) is 7.05 Å². The van der Waals surface area contributed by atoms with Crippen LogP contribution in [0.3, 0.4) is 0 Å². The maximum atomic E-state index is 12.3. The van der Waals surface area contributed by atoms with Crippen LogP contribution in [0.25, 0.3) is 0 Å². The van der Waals surface area contributed by atoms with Crippen molar-refractivity contribution in [3.05, 3.63) is 39.9 Å². The van der Waals surface area contributed by atoms with Gasteiger partial charge in [0.05, 0.1) is 4.92 Å². The zero-order valence-electron chi connectivity index (χ0n) is 11.0. The van der Waals surface area contributed by atoms with E-state index in [-0.39, 0.29) is 17.6 Å². The fourth-order valence-electron chi connectivity index (χ4n) is 2.59. The maximum Gasteiger partial charge on any atom is 0.270 e.